The standard InChI is InChI=1S/C25H20ClNO3/c26-17-12-10-15(11-13-17)19-14-25(30,16-6-2-1-3-7-16)22-21(19)23(28)18-8-4-5-9-20(18)27-24(22)29/h1-13,19,21-22,30H,14H2,(H,27,29). The van der Waals surface area contributed by atoms with Crippen molar-refractivity contribution in [3.63, 3.8) is 0 Å². The van der Waals surface area contributed by atoms with E-state index in [2.05, 4.69) is 5.32 Å². The number of anilines is 1. The lowest BCUT2D eigenvalue weighted by Gasteiger charge is -2.30. The lowest BCUT2D eigenvalue weighted by atomic mass is 9.77. The van der Waals surface area contributed by atoms with Gasteiger partial charge >= 0.3 is 0 Å². The molecule has 2 aliphatic rings. The summed E-state index contributed by atoms with van der Waals surface area (Å²) >= 11 is 6.07. The van der Waals surface area contributed by atoms with Crippen LogP contribution < -0.4 is 5.32 Å². The number of amides is 1. The van der Waals surface area contributed by atoms with Gasteiger partial charge in [0.2, 0.25) is 5.91 Å². The molecule has 2 N–H and O–H groups in total. The Labute approximate surface area is 179 Å². The van der Waals surface area contributed by atoms with Gasteiger partial charge in [-0.3, -0.25) is 9.59 Å². The minimum absolute atomic E-state index is 0.124. The fourth-order valence-corrected chi connectivity index (χ4v) is 5.21. The molecular formula is C25H20ClNO3. The second kappa shape index (κ2) is 7.08. The van der Waals surface area contributed by atoms with Crippen LogP contribution in [0, 0.1) is 11.8 Å². The highest BCUT2D eigenvalue weighted by Crippen LogP contribution is 2.56. The van der Waals surface area contributed by atoms with E-state index in [9.17, 15) is 14.7 Å². The summed E-state index contributed by atoms with van der Waals surface area (Å²) in [5.41, 5.74) is 1.05. The maximum absolute atomic E-state index is 13.7. The van der Waals surface area contributed by atoms with Crippen molar-refractivity contribution in [3.8, 4) is 0 Å². The predicted molar refractivity (Wildman–Crippen MR) is 116 cm³/mol. The number of rotatable bonds is 2. The van der Waals surface area contributed by atoms with E-state index in [1.54, 1.807) is 36.4 Å². The average Bonchev–Trinajstić information content (AvgIpc) is 3.03. The van der Waals surface area contributed by atoms with Crippen LogP contribution in [0.25, 0.3) is 0 Å². The largest absolute Gasteiger partial charge is 0.384 e. The molecule has 1 aliphatic carbocycles. The molecule has 0 spiro atoms. The van der Waals surface area contributed by atoms with E-state index in [4.69, 9.17) is 11.6 Å². The monoisotopic (exact) mass is 417 g/mol. The predicted octanol–water partition coefficient (Wildman–Crippen LogP) is 4.78. The molecule has 1 heterocycles. The number of nitrogens with one attached hydrogen (secondary N) is 1. The van der Waals surface area contributed by atoms with Gasteiger partial charge in [0.15, 0.2) is 5.78 Å². The molecule has 0 aromatic heterocycles. The number of ketones is 1. The first-order valence-electron chi connectivity index (χ1n) is 9.96. The molecule has 150 valence electrons. The smallest absolute Gasteiger partial charge is 0.231 e. The van der Waals surface area contributed by atoms with Gasteiger partial charge in [0, 0.05) is 16.5 Å². The minimum atomic E-state index is -1.46. The fourth-order valence-electron chi connectivity index (χ4n) is 5.09. The molecule has 4 atom stereocenters. The van der Waals surface area contributed by atoms with Gasteiger partial charge in [-0.25, -0.2) is 0 Å². The van der Waals surface area contributed by atoms with Crippen molar-refractivity contribution in [2.45, 2.75) is 17.9 Å². The molecule has 1 amide bonds. The van der Waals surface area contributed by atoms with Gasteiger partial charge in [-0.15, -0.1) is 0 Å². The molecule has 0 saturated heterocycles. The van der Waals surface area contributed by atoms with E-state index >= 15 is 0 Å². The van der Waals surface area contributed by atoms with Crippen LogP contribution in [-0.2, 0) is 10.4 Å². The zero-order chi connectivity index (χ0) is 20.9. The SMILES string of the molecule is O=C1c2ccccc2NC(=O)C2C1C(c1ccc(Cl)cc1)CC2(O)c1ccccc1. The number of benzene rings is 3. The number of carbonyl (C=O) groups is 2. The summed E-state index contributed by atoms with van der Waals surface area (Å²) in [6.45, 7) is 0. The molecule has 0 bridgehead atoms. The van der Waals surface area contributed by atoms with Crippen LogP contribution in [-0.4, -0.2) is 16.8 Å². The highest BCUT2D eigenvalue weighted by atomic mass is 35.5. The van der Waals surface area contributed by atoms with E-state index in [0.29, 0.717) is 21.8 Å². The van der Waals surface area contributed by atoms with Gasteiger partial charge in [-0.2, -0.15) is 0 Å². The Morgan fingerprint density at radius 2 is 1.57 bits per heavy atom. The minimum Gasteiger partial charge on any atom is -0.384 e. The summed E-state index contributed by atoms with van der Waals surface area (Å²) < 4.78 is 0. The van der Waals surface area contributed by atoms with E-state index in [1.165, 1.54) is 0 Å². The van der Waals surface area contributed by atoms with Gasteiger partial charge < -0.3 is 10.4 Å². The number of hydrogen-bond donors (Lipinski definition) is 2. The summed E-state index contributed by atoms with van der Waals surface area (Å²) in [4.78, 5) is 27.1. The molecule has 3 aromatic carbocycles. The molecule has 5 rings (SSSR count). The number of hydrogen-bond acceptors (Lipinski definition) is 3. The molecule has 3 aromatic rings. The number of Topliss-reactive ketones (excluding diaryl/α,β-unsaturated/α-hetero) is 1. The first kappa shape index (κ1) is 19.0. The van der Waals surface area contributed by atoms with E-state index in [1.807, 2.05) is 42.5 Å². The van der Waals surface area contributed by atoms with Crippen molar-refractivity contribution in [2.75, 3.05) is 5.32 Å². The van der Waals surface area contributed by atoms with Gasteiger partial charge in [-0.05, 0) is 47.7 Å². The van der Waals surface area contributed by atoms with Crippen molar-refractivity contribution >= 4 is 29.0 Å². The highest BCUT2D eigenvalue weighted by Gasteiger charge is 2.60. The van der Waals surface area contributed by atoms with Crippen LogP contribution in [0.1, 0.15) is 33.8 Å². The van der Waals surface area contributed by atoms with Gasteiger partial charge in [0.25, 0.3) is 0 Å². The normalized spacial score (nSPS) is 27.7. The van der Waals surface area contributed by atoms with Crippen LogP contribution in [0.5, 0.6) is 0 Å². The zero-order valence-corrected chi connectivity index (χ0v) is 16.8. The van der Waals surface area contributed by atoms with Crippen molar-refractivity contribution in [1.82, 2.24) is 0 Å². The molecule has 1 aliphatic heterocycles. The second-order valence-electron chi connectivity index (χ2n) is 8.05. The van der Waals surface area contributed by atoms with E-state index < -0.39 is 17.4 Å². The Hall–Kier alpha value is -2.95. The third-order valence-corrected chi connectivity index (χ3v) is 6.70. The number of fused-ring (bicyclic) bond motifs is 2. The Bertz CT molecular complexity index is 1130. The number of halogens is 1. The average molecular weight is 418 g/mol. The summed E-state index contributed by atoms with van der Waals surface area (Å²) in [6.07, 6.45) is 0.273. The van der Waals surface area contributed by atoms with Crippen molar-refractivity contribution < 1.29 is 14.7 Å². The molecule has 4 unspecified atom stereocenters. The summed E-state index contributed by atoms with van der Waals surface area (Å²) in [7, 11) is 0. The van der Waals surface area contributed by atoms with Crippen LogP contribution in [0.4, 0.5) is 5.69 Å². The summed E-state index contributed by atoms with van der Waals surface area (Å²) in [6, 6.07) is 23.5. The molecule has 1 saturated carbocycles. The van der Waals surface area contributed by atoms with Crippen LogP contribution in [0.2, 0.25) is 5.02 Å². The lowest BCUT2D eigenvalue weighted by Crippen LogP contribution is -2.41. The molecule has 4 nitrogen and oxygen atoms in total. The van der Waals surface area contributed by atoms with Crippen LogP contribution in [0.15, 0.2) is 78.9 Å². The van der Waals surface area contributed by atoms with Gasteiger partial charge in [0.1, 0.15) is 5.60 Å². The van der Waals surface area contributed by atoms with Crippen LogP contribution in [0.3, 0.4) is 0 Å². The fraction of sp³-hybridized carbons (Fsp3) is 0.200. The first-order chi connectivity index (χ1) is 14.5. The first-order valence-corrected chi connectivity index (χ1v) is 10.3. The topological polar surface area (TPSA) is 66.4 Å². The highest BCUT2D eigenvalue weighted by molar-refractivity contribution is 6.30. The lowest BCUT2D eigenvalue weighted by molar-refractivity contribution is -0.129. The third kappa shape index (κ3) is 2.87. The Balaban J connectivity index is 1.71. The Morgan fingerprint density at radius 3 is 2.30 bits per heavy atom. The van der Waals surface area contributed by atoms with Crippen LogP contribution >= 0.6 is 11.6 Å². The van der Waals surface area contributed by atoms with Gasteiger partial charge in [-0.1, -0.05) is 66.2 Å². The number of aliphatic hydroxyl groups is 1. The van der Waals surface area contributed by atoms with Crippen molar-refractivity contribution in [1.29, 1.82) is 0 Å². The van der Waals surface area contributed by atoms with E-state index in [0.717, 1.165) is 5.56 Å². The number of para-hydroxylation sites is 1. The molecule has 5 heteroatoms. The Morgan fingerprint density at radius 1 is 0.900 bits per heavy atom. The molecule has 0 radical (unpaired) electrons. The van der Waals surface area contributed by atoms with Crippen molar-refractivity contribution in [2.24, 2.45) is 11.8 Å². The second-order valence-corrected chi connectivity index (χ2v) is 8.49. The maximum Gasteiger partial charge on any atom is 0.231 e. The molecule has 30 heavy (non-hydrogen) atoms. The third-order valence-electron chi connectivity index (χ3n) is 6.45. The molecular weight excluding hydrogens is 398 g/mol. The summed E-state index contributed by atoms with van der Waals surface area (Å²) in [5, 5.41) is 15.4. The molecule has 1 fully saturated rings. The Kier molecular flexibility index (Phi) is 4.49. The van der Waals surface area contributed by atoms with E-state index in [-0.39, 0.29) is 24.0 Å². The van der Waals surface area contributed by atoms with Gasteiger partial charge in [0.05, 0.1) is 11.6 Å². The summed E-state index contributed by atoms with van der Waals surface area (Å²) in [5.74, 6) is -2.36. The van der Waals surface area contributed by atoms with Crippen molar-refractivity contribution in [3.05, 3.63) is 101 Å². The zero-order valence-electron chi connectivity index (χ0n) is 16.1. The number of carbonyl (C=O) groups excluding carboxylic acids is 2. The quantitative estimate of drug-likeness (QED) is 0.630. The maximum atomic E-state index is 13.7.